The highest BCUT2D eigenvalue weighted by atomic mass is 35.5. The van der Waals surface area contributed by atoms with E-state index < -0.39 is 0 Å². The lowest BCUT2D eigenvalue weighted by Crippen LogP contribution is -2.33. The van der Waals surface area contributed by atoms with Crippen LogP contribution in [0.15, 0.2) is 59.5 Å². The Morgan fingerprint density at radius 3 is 2.52 bits per heavy atom. The molecule has 0 heterocycles. The summed E-state index contributed by atoms with van der Waals surface area (Å²) >= 11 is 7.51. The van der Waals surface area contributed by atoms with Crippen molar-refractivity contribution in [3.05, 3.63) is 59.6 Å². The molecule has 0 aliphatic heterocycles. The molecular formula is C18H21ClN2OS. The second kappa shape index (κ2) is 9.48. The maximum Gasteiger partial charge on any atom is 0.220 e. The quantitative estimate of drug-likeness (QED) is 0.730. The van der Waals surface area contributed by atoms with Crippen molar-refractivity contribution in [3.63, 3.8) is 0 Å². The van der Waals surface area contributed by atoms with Crippen LogP contribution < -0.4 is 10.2 Å². The summed E-state index contributed by atoms with van der Waals surface area (Å²) in [7, 11) is 2.03. The molecular weight excluding hydrogens is 328 g/mol. The third kappa shape index (κ3) is 6.55. The largest absolute Gasteiger partial charge is 0.373 e. The van der Waals surface area contributed by atoms with Crippen molar-refractivity contribution >= 4 is 35.0 Å². The van der Waals surface area contributed by atoms with Gasteiger partial charge in [-0.1, -0.05) is 29.8 Å². The van der Waals surface area contributed by atoms with E-state index >= 15 is 0 Å². The molecule has 0 bridgehead atoms. The summed E-state index contributed by atoms with van der Waals surface area (Å²) in [4.78, 5) is 15.1. The van der Waals surface area contributed by atoms with Crippen molar-refractivity contribution in [1.29, 1.82) is 0 Å². The number of benzene rings is 2. The van der Waals surface area contributed by atoms with Crippen LogP contribution in [0.25, 0.3) is 0 Å². The average Bonchev–Trinajstić information content (AvgIpc) is 2.57. The van der Waals surface area contributed by atoms with Crippen LogP contribution in [-0.4, -0.2) is 31.8 Å². The topological polar surface area (TPSA) is 32.3 Å². The lowest BCUT2D eigenvalue weighted by molar-refractivity contribution is -0.120. The number of thioether (sulfide) groups is 1. The Morgan fingerprint density at radius 2 is 1.83 bits per heavy atom. The molecule has 0 radical (unpaired) electrons. The number of para-hydroxylation sites is 1. The third-order valence-corrected chi connectivity index (χ3v) is 4.64. The van der Waals surface area contributed by atoms with Crippen LogP contribution in [0.2, 0.25) is 5.02 Å². The molecule has 0 aliphatic rings. The minimum atomic E-state index is 0.0907. The summed E-state index contributed by atoms with van der Waals surface area (Å²) in [6.07, 6.45) is 0.516. The molecule has 122 valence electrons. The van der Waals surface area contributed by atoms with Gasteiger partial charge in [0.15, 0.2) is 0 Å². The van der Waals surface area contributed by atoms with Gasteiger partial charge in [-0.15, -0.1) is 11.8 Å². The van der Waals surface area contributed by atoms with Crippen LogP contribution in [-0.2, 0) is 4.79 Å². The van der Waals surface area contributed by atoms with Crippen LogP contribution >= 0.6 is 23.4 Å². The van der Waals surface area contributed by atoms with Crippen molar-refractivity contribution < 1.29 is 4.79 Å². The van der Waals surface area contributed by atoms with Gasteiger partial charge in [0.1, 0.15) is 0 Å². The Morgan fingerprint density at radius 1 is 1.13 bits per heavy atom. The van der Waals surface area contributed by atoms with E-state index in [2.05, 4.69) is 22.3 Å². The molecule has 0 fully saturated rings. The van der Waals surface area contributed by atoms with Crippen molar-refractivity contribution in [1.82, 2.24) is 5.32 Å². The smallest absolute Gasteiger partial charge is 0.220 e. The number of amides is 1. The lowest BCUT2D eigenvalue weighted by Gasteiger charge is -2.19. The van der Waals surface area contributed by atoms with Gasteiger partial charge in [-0.2, -0.15) is 0 Å². The number of nitrogens with zero attached hydrogens (tertiary/aromatic N) is 1. The fourth-order valence-corrected chi connectivity index (χ4v) is 3.03. The molecule has 0 saturated heterocycles. The van der Waals surface area contributed by atoms with E-state index in [-0.39, 0.29) is 5.91 Å². The molecule has 23 heavy (non-hydrogen) atoms. The molecule has 1 amide bonds. The van der Waals surface area contributed by atoms with E-state index in [0.717, 1.165) is 27.9 Å². The molecule has 2 aromatic rings. The minimum Gasteiger partial charge on any atom is -0.373 e. The van der Waals surface area contributed by atoms with Crippen molar-refractivity contribution in [2.45, 2.75) is 11.3 Å². The zero-order valence-electron chi connectivity index (χ0n) is 13.2. The maximum absolute atomic E-state index is 11.8. The van der Waals surface area contributed by atoms with Crippen LogP contribution in [0.3, 0.4) is 0 Å². The standard InChI is InChI=1S/C18H21ClN2OS/c1-21(16-5-3-2-4-6-16)13-12-20-18(22)11-14-23-17-9-7-15(19)8-10-17/h2-10H,11-14H2,1H3,(H,20,22). The molecule has 1 N–H and O–H groups in total. The van der Waals surface area contributed by atoms with Crippen LogP contribution in [0.1, 0.15) is 6.42 Å². The molecule has 0 aromatic heterocycles. The SMILES string of the molecule is CN(CCNC(=O)CCSc1ccc(Cl)cc1)c1ccccc1. The molecule has 0 saturated carbocycles. The summed E-state index contributed by atoms with van der Waals surface area (Å²) in [5.41, 5.74) is 1.15. The minimum absolute atomic E-state index is 0.0907. The van der Waals surface area contributed by atoms with Crippen LogP contribution in [0.5, 0.6) is 0 Å². The van der Waals surface area contributed by atoms with Gasteiger partial charge in [0.2, 0.25) is 5.91 Å². The Hall–Kier alpha value is -1.65. The first-order valence-corrected chi connectivity index (χ1v) is 8.93. The highest BCUT2D eigenvalue weighted by Crippen LogP contribution is 2.20. The lowest BCUT2D eigenvalue weighted by atomic mass is 10.3. The number of rotatable bonds is 8. The Balaban J connectivity index is 1.61. The number of likely N-dealkylation sites (N-methyl/N-ethyl adjacent to an activating group) is 1. The predicted molar refractivity (Wildman–Crippen MR) is 99.5 cm³/mol. The first-order chi connectivity index (χ1) is 11.1. The maximum atomic E-state index is 11.8. The summed E-state index contributed by atoms with van der Waals surface area (Å²) in [5, 5.41) is 3.69. The van der Waals surface area contributed by atoms with Crippen molar-refractivity contribution in [2.24, 2.45) is 0 Å². The van der Waals surface area contributed by atoms with Gasteiger partial charge in [0.25, 0.3) is 0 Å². The monoisotopic (exact) mass is 348 g/mol. The number of carbonyl (C=O) groups is 1. The van der Waals surface area contributed by atoms with Gasteiger partial charge >= 0.3 is 0 Å². The number of carbonyl (C=O) groups excluding carboxylic acids is 1. The number of nitrogens with one attached hydrogen (secondary N) is 1. The van der Waals surface area contributed by atoms with E-state index in [9.17, 15) is 4.79 Å². The highest BCUT2D eigenvalue weighted by molar-refractivity contribution is 7.99. The Bertz CT molecular complexity index is 604. The normalized spacial score (nSPS) is 10.3. The molecule has 2 rings (SSSR count). The number of hydrogen-bond donors (Lipinski definition) is 1. The third-order valence-electron chi connectivity index (χ3n) is 3.38. The molecule has 0 atom stereocenters. The van der Waals surface area contributed by atoms with Crippen LogP contribution in [0, 0.1) is 0 Å². The van der Waals surface area contributed by atoms with Gasteiger partial charge in [0, 0.05) is 47.9 Å². The Labute approximate surface area is 147 Å². The molecule has 0 unspecified atom stereocenters. The summed E-state index contributed by atoms with van der Waals surface area (Å²) in [6, 6.07) is 17.8. The number of hydrogen-bond acceptors (Lipinski definition) is 3. The average molecular weight is 349 g/mol. The van der Waals surface area contributed by atoms with Gasteiger partial charge in [-0.3, -0.25) is 4.79 Å². The zero-order valence-corrected chi connectivity index (χ0v) is 14.7. The first kappa shape index (κ1) is 17.7. The van der Waals surface area contributed by atoms with Gasteiger partial charge in [-0.05, 0) is 36.4 Å². The van der Waals surface area contributed by atoms with Crippen LogP contribution in [0.4, 0.5) is 5.69 Å². The van der Waals surface area contributed by atoms with Gasteiger partial charge < -0.3 is 10.2 Å². The van der Waals surface area contributed by atoms with Crippen molar-refractivity contribution in [2.75, 3.05) is 30.8 Å². The molecule has 0 aliphatic carbocycles. The van der Waals surface area contributed by atoms with Gasteiger partial charge in [-0.25, -0.2) is 0 Å². The summed E-state index contributed by atoms with van der Waals surface area (Å²) in [5.74, 6) is 0.857. The van der Waals surface area contributed by atoms with Gasteiger partial charge in [0.05, 0.1) is 0 Å². The van der Waals surface area contributed by atoms with Crippen molar-refractivity contribution in [3.8, 4) is 0 Å². The highest BCUT2D eigenvalue weighted by Gasteiger charge is 2.04. The van der Waals surface area contributed by atoms with E-state index in [1.54, 1.807) is 11.8 Å². The molecule has 2 aromatic carbocycles. The number of halogens is 1. The second-order valence-corrected chi connectivity index (χ2v) is 6.76. The molecule has 3 nitrogen and oxygen atoms in total. The second-order valence-electron chi connectivity index (χ2n) is 5.16. The van der Waals surface area contributed by atoms with E-state index in [0.29, 0.717) is 13.0 Å². The molecule has 0 spiro atoms. The summed E-state index contributed by atoms with van der Waals surface area (Å²) in [6.45, 7) is 1.44. The first-order valence-electron chi connectivity index (χ1n) is 7.56. The molecule has 5 heteroatoms. The van der Waals surface area contributed by atoms with E-state index in [1.165, 1.54) is 0 Å². The Kier molecular flexibility index (Phi) is 7.30. The van der Waals surface area contributed by atoms with E-state index in [4.69, 9.17) is 11.6 Å². The fraction of sp³-hybridized carbons (Fsp3) is 0.278. The summed E-state index contributed by atoms with van der Waals surface area (Å²) < 4.78 is 0. The zero-order chi connectivity index (χ0) is 16.5. The number of anilines is 1. The van der Waals surface area contributed by atoms with E-state index in [1.807, 2.05) is 49.5 Å². The predicted octanol–water partition coefficient (Wildman–Crippen LogP) is 4.07. The fourth-order valence-electron chi connectivity index (χ4n) is 2.06.